The molecule has 1 rings (SSSR count). The van der Waals surface area contributed by atoms with Crippen LogP contribution in [0.4, 0.5) is 4.79 Å². The van der Waals surface area contributed by atoms with Gasteiger partial charge in [0.25, 0.3) is 0 Å². The van der Waals surface area contributed by atoms with Crippen molar-refractivity contribution in [2.75, 3.05) is 13.6 Å². The van der Waals surface area contributed by atoms with Crippen molar-refractivity contribution in [3.8, 4) is 0 Å². The van der Waals surface area contributed by atoms with Gasteiger partial charge in [-0.05, 0) is 31.4 Å². The molecule has 0 aromatic carbocycles. The molecule has 10 heteroatoms. The quantitative estimate of drug-likeness (QED) is 0.331. The molecule has 0 aromatic rings. The van der Waals surface area contributed by atoms with E-state index < -0.39 is 41.4 Å². The largest absolute Gasteiger partial charge is 0.458 e. The van der Waals surface area contributed by atoms with E-state index >= 15 is 0 Å². The second kappa shape index (κ2) is 7.31. The molecule has 1 aliphatic rings. The molecule has 0 saturated carbocycles. The lowest BCUT2D eigenvalue weighted by Gasteiger charge is -2.26. The molecule has 10 nitrogen and oxygen atoms in total. The number of esters is 1. The molecule has 0 bridgehead atoms. The van der Waals surface area contributed by atoms with Gasteiger partial charge >= 0.3 is 12.0 Å². The Hall–Kier alpha value is -2.61. The molecular formula is C14H21N5O5. The van der Waals surface area contributed by atoms with Crippen molar-refractivity contribution < 1.29 is 23.9 Å². The SMILES string of the molecule is C[C@H](CC(=O)N=[N+]=[N-])C(=O)N1C(=O)N(C)C[C@H]1C(=O)OC(C)(C)C. The highest BCUT2D eigenvalue weighted by molar-refractivity contribution is 6.02. The Labute approximate surface area is 139 Å². The number of amides is 4. The highest BCUT2D eigenvalue weighted by Gasteiger charge is 2.46. The molecular weight excluding hydrogens is 318 g/mol. The van der Waals surface area contributed by atoms with Gasteiger partial charge < -0.3 is 9.64 Å². The Morgan fingerprint density at radius 3 is 2.50 bits per heavy atom. The van der Waals surface area contributed by atoms with Crippen molar-refractivity contribution in [2.45, 2.75) is 45.8 Å². The summed E-state index contributed by atoms with van der Waals surface area (Å²) < 4.78 is 5.25. The third-order valence-corrected chi connectivity index (χ3v) is 3.27. The predicted molar refractivity (Wildman–Crippen MR) is 82.4 cm³/mol. The first-order valence-corrected chi connectivity index (χ1v) is 7.37. The first kappa shape index (κ1) is 19.4. The Bertz CT molecular complexity index is 605. The van der Waals surface area contributed by atoms with E-state index in [1.165, 1.54) is 18.9 Å². The van der Waals surface area contributed by atoms with Crippen LogP contribution < -0.4 is 0 Å². The maximum atomic E-state index is 12.5. The molecule has 1 saturated heterocycles. The first-order chi connectivity index (χ1) is 11.0. The van der Waals surface area contributed by atoms with E-state index in [1.807, 2.05) is 0 Å². The molecule has 24 heavy (non-hydrogen) atoms. The molecule has 0 N–H and O–H groups in total. The number of imide groups is 1. The third-order valence-electron chi connectivity index (χ3n) is 3.27. The molecule has 0 aromatic heterocycles. The van der Waals surface area contributed by atoms with Crippen molar-refractivity contribution in [1.29, 1.82) is 0 Å². The van der Waals surface area contributed by atoms with Crippen molar-refractivity contribution in [2.24, 2.45) is 11.0 Å². The second-order valence-corrected chi connectivity index (χ2v) is 6.61. The molecule has 0 radical (unpaired) electrons. The third kappa shape index (κ3) is 4.69. The molecule has 1 heterocycles. The summed E-state index contributed by atoms with van der Waals surface area (Å²) in [4.78, 5) is 52.7. The summed E-state index contributed by atoms with van der Waals surface area (Å²) in [6, 6.07) is -1.72. The highest BCUT2D eigenvalue weighted by atomic mass is 16.6. The number of carbonyl (C=O) groups excluding carboxylic acids is 4. The fourth-order valence-corrected chi connectivity index (χ4v) is 2.21. The zero-order valence-electron chi connectivity index (χ0n) is 14.3. The summed E-state index contributed by atoms with van der Waals surface area (Å²) in [6.45, 7) is 6.47. The van der Waals surface area contributed by atoms with Crippen molar-refractivity contribution in [1.82, 2.24) is 9.80 Å². The number of urea groups is 1. The minimum atomic E-state index is -1.08. The van der Waals surface area contributed by atoms with Crippen LogP contribution in [0.15, 0.2) is 5.11 Å². The van der Waals surface area contributed by atoms with E-state index in [0.29, 0.717) is 0 Å². The van der Waals surface area contributed by atoms with Gasteiger partial charge in [-0.15, -0.1) is 0 Å². The van der Waals surface area contributed by atoms with Crippen LogP contribution in [0.3, 0.4) is 0 Å². The summed E-state index contributed by atoms with van der Waals surface area (Å²) >= 11 is 0. The molecule has 1 fully saturated rings. The average molecular weight is 339 g/mol. The van der Waals surface area contributed by atoms with Crippen LogP contribution in [0, 0.1) is 5.92 Å². The van der Waals surface area contributed by atoms with Crippen molar-refractivity contribution in [3.05, 3.63) is 10.4 Å². The zero-order valence-corrected chi connectivity index (χ0v) is 14.3. The molecule has 0 spiro atoms. The molecule has 1 aliphatic heterocycles. The Morgan fingerprint density at radius 2 is 2.00 bits per heavy atom. The number of ether oxygens (including phenoxy) is 1. The van der Waals surface area contributed by atoms with Crippen molar-refractivity contribution >= 4 is 23.8 Å². The molecule has 0 aliphatic carbocycles. The fraction of sp³-hybridized carbons (Fsp3) is 0.714. The second-order valence-electron chi connectivity index (χ2n) is 6.61. The molecule has 4 amide bonds. The summed E-state index contributed by atoms with van der Waals surface area (Å²) in [5.74, 6) is -3.11. The summed E-state index contributed by atoms with van der Waals surface area (Å²) in [6.07, 6.45) is -0.350. The number of carbonyl (C=O) groups is 4. The van der Waals surface area contributed by atoms with E-state index in [0.717, 1.165) is 4.90 Å². The summed E-state index contributed by atoms with van der Waals surface area (Å²) in [7, 11) is 1.46. The minimum absolute atomic E-state index is 0.0104. The monoisotopic (exact) mass is 339 g/mol. The summed E-state index contributed by atoms with van der Waals surface area (Å²) in [5.41, 5.74) is 7.45. The molecule has 132 valence electrons. The van der Waals surface area contributed by atoms with Gasteiger partial charge in [-0.1, -0.05) is 6.92 Å². The number of likely N-dealkylation sites (N-methyl/N-ethyl adjacent to an activating group) is 1. The smallest absolute Gasteiger partial charge is 0.331 e. The Balaban J connectivity index is 2.96. The number of azide groups is 1. The lowest BCUT2D eigenvalue weighted by Crippen LogP contribution is -2.48. The van der Waals surface area contributed by atoms with Crippen LogP contribution in [0.1, 0.15) is 34.1 Å². The van der Waals surface area contributed by atoms with Crippen LogP contribution in [0.5, 0.6) is 0 Å². The van der Waals surface area contributed by atoms with E-state index in [-0.39, 0.29) is 13.0 Å². The lowest BCUT2D eigenvalue weighted by atomic mass is 10.1. The Morgan fingerprint density at radius 1 is 1.42 bits per heavy atom. The highest BCUT2D eigenvalue weighted by Crippen LogP contribution is 2.22. The number of nitrogens with zero attached hydrogens (tertiary/aromatic N) is 5. The van der Waals surface area contributed by atoms with Crippen LogP contribution in [-0.4, -0.2) is 58.8 Å². The first-order valence-electron chi connectivity index (χ1n) is 7.37. The van der Waals surface area contributed by atoms with E-state index in [4.69, 9.17) is 10.3 Å². The number of hydrogen-bond acceptors (Lipinski definition) is 5. The molecule has 0 unspecified atom stereocenters. The Kier molecular flexibility index (Phi) is 5.92. The van der Waals surface area contributed by atoms with Gasteiger partial charge in [-0.3, -0.25) is 9.59 Å². The zero-order chi connectivity index (χ0) is 18.7. The number of rotatable bonds is 4. The van der Waals surface area contributed by atoms with Gasteiger partial charge in [0.1, 0.15) is 5.60 Å². The maximum Gasteiger partial charge on any atom is 0.331 e. The standard InChI is InChI=1S/C14H21N5O5/c1-8(6-10(20)16-17-15)11(21)19-9(7-18(5)13(19)23)12(22)24-14(2,3)4/h8-9H,6-7H2,1-5H3/t8-,9+/m1/s1. The van der Waals surface area contributed by atoms with Crippen LogP contribution in [0.2, 0.25) is 0 Å². The topological polar surface area (TPSA) is 133 Å². The van der Waals surface area contributed by atoms with Gasteiger partial charge in [0.05, 0.1) is 6.54 Å². The van der Waals surface area contributed by atoms with Crippen LogP contribution in [-0.2, 0) is 19.1 Å². The van der Waals surface area contributed by atoms with E-state index in [1.54, 1.807) is 20.8 Å². The van der Waals surface area contributed by atoms with Gasteiger partial charge in [0.15, 0.2) is 6.04 Å². The normalized spacial score (nSPS) is 18.9. The van der Waals surface area contributed by atoms with Gasteiger partial charge in [0.2, 0.25) is 11.8 Å². The van der Waals surface area contributed by atoms with Crippen molar-refractivity contribution in [3.63, 3.8) is 0 Å². The van der Waals surface area contributed by atoms with Gasteiger partial charge in [-0.25, -0.2) is 14.5 Å². The van der Waals surface area contributed by atoms with Gasteiger partial charge in [-0.2, -0.15) is 0 Å². The van der Waals surface area contributed by atoms with E-state index in [2.05, 4.69) is 10.0 Å². The minimum Gasteiger partial charge on any atom is -0.458 e. The maximum absolute atomic E-state index is 12.5. The number of hydrogen-bond donors (Lipinski definition) is 0. The van der Waals surface area contributed by atoms with Crippen LogP contribution in [0.25, 0.3) is 10.4 Å². The predicted octanol–water partition coefficient (Wildman–Crippen LogP) is 1.45. The molecule has 2 atom stereocenters. The van der Waals surface area contributed by atoms with Gasteiger partial charge in [0, 0.05) is 24.3 Å². The van der Waals surface area contributed by atoms with Crippen LogP contribution >= 0.6 is 0 Å². The average Bonchev–Trinajstić information content (AvgIpc) is 2.72. The lowest BCUT2D eigenvalue weighted by molar-refractivity contribution is -0.162. The van der Waals surface area contributed by atoms with E-state index in [9.17, 15) is 19.2 Å². The fourth-order valence-electron chi connectivity index (χ4n) is 2.21. The summed E-state index contributed by atoms with van der Waals surface area (Å²) in [5, 5.41) is 2.89.